The molecule has 2 heterocycles. The molecule has 10 heteroatoms. The van der Waals surface area contributed by atoms with Crippen molar-refractivity contribution < 1.29 is 22.0 Å². The Morgan fingerprint density at radius 1 is 0.895 bits per heavy atom. The monoisotopic (exact) mass is 555 g/mol. The molecule has 5 rings (SSSR count). The molecule has 0 saturated carbocycles. The van der Waals surface area contributed by atoms with Crippen molar-refractivity contribution in [2.24, 2.45) is 0 Å². The standard InChI is InChI=1S/C28H24ClF2N3O3S/c29-23-9-8-21(25(31)16-23)17-33-11-13-34(14-12-33)28(35)20-6-7-22(24(30)15-20)18-38(36,37)26-5-1-3-19-4-2-10-32-27(19)26/h1-10,15-16H,11-14,17-18H2. The molecule has 3 aromatic carbocycles. The molecule has 0 N–H and O–H groups in total. The Morgan fingerprint density at radius 3 is 2.34 bits per heavy atom. The molecule has 1 aromatic heterocycles. The first-order valence-electron chi connectivity index (χ1n) is 12.0. The fourth-order valence-corrected chi connectivity index (χ4v) is 6.30. The van der Waals surface area contributed by atoms with E-state index in [0.29, 0.717) is 54.2 Å². The van der Waals surface area contributed by atoms with Crippen LogP contribution in [0, 0.1) is 11.6 Å². The average Bonchev–Trinajstić information content (AvgIpc) is 2.91. The van der Waals surface area contributed by atoms with Gasteiger partial charge >= 0.3 is 0 Å². The van der Waals surface area contributed by atoms with Gasteiger partial charge in [0, 0.05) is 66.0 Å². The first-order chi connectivity index (χ1) is 18.2. The number of halogens is 3. The molecule has 4 aromatic rings. The Bertz CT molecular complexity index is 1620. The summed E-state index contributed by atoms with van der Waals surface area (Å²) in [5.41, 5.74) is 0.984. The SMILES string of the molecule is O=C(c1ccc(CS(=O)(=O)c2cccc3cccnc23)c(F)c1)N1CCN(Cc2ccc(Cl)cc2F)CC1. The first-order valence-corrected chi connectivity index (χ1v) is 14.0. The highest BCUT2D eigenvalue weighted by atomic mass is 35.5. The fraction of sp³-hybridized carbons (Fsp3) is 0.214. The summed E-state index contributed by atoms with van der Waals surface area (Å²) >= 11 is 5.82. The van der Waals surface area contributed by atoms with E-state index in [9.17, 15) is 17.6 Å². The third kappa shape index (κ3) is 5.55. The normalized spacial score (nSPS) is 14.7. The van der Waals surface area contributed by atoms with Crippen molar-refractivity contribution in [3.63, 3.8) is 0 Å². The van der Waals surface area contributed by atoms with E-state index in [1.807, 2.05) is 4.90 Å². The van der Waals surface area contributed by atoms with E-state index in [0.717, 1.165) is 6.07 Å². The summed E-state index contributed by atoms with van der Waals surface area (Å²) in [5, 5.41) is 1.01. The predicted octanol–water partition coefficient (Wildman–Crippen LogP) is 5.10. The number of aromatic nitrogens is 1. The van der Waals surface area contributed by atoms with E-state index in [1.54, 1.807) is 41.3 Å². The number of pyridine rings is 1. The number of piperazine rings is 1. The van der Waals surface area contributed by atoms with Crippen LogP contribution < -0.4 is 0 Å². The van der Waals surface area contributed by atoms with Crippen LogP contribution in [-0.2, 0) is 22.1 Å². The topological polar surface area (TPSA) is 70.6 Å². The molecule has 0 bridgehead atoms. The highest BCUT2D eigenvalue weighted by Crippen LogP contribution is 2.26. The highest BCUT2D eigenvalue weighted by Gasteiger charge is 2.25. The van der Waals surface area contributed by atoms with Crippen molar-refractivity contribution in [3.05, 3.63) is 106 Å². The predicted molar refractivity (Wildman–Crippen MR) is 142 cm³/mol. The van der Waals surface area contributed by atoms with Crippen LogP contribution in [0.25, 0.3) is 10.9 Å². The van der Waals surface area contributed by atoms with E-state index in [-0.39, 0.29) is 27.7 Å². The molecule has 0 atom stereocenters. The molecule has 1 aliphatic heterocycles. The highest BCUT2D eigenvalue weighted by molar-refractivity contribution is 7.90. The van der Waals surface area contributed by atoms with Gasteiger partial charge in [-0.05, 0) is 36.4 Å². The summed E-state index contributed by atoms with van der Waals surface area (Å²) in [7, 11) is -3.89. The Hall–Kier alpha value is -3.40. The number of hydrogen-bond acceptors (Lipinski definition) is 5. The van der Waals surface area contributed by atoms with Crippen molar-refractivity contribution >= 4 is 38.2 Å². The van der Waals surface area contributed by atoms with Gasteiger partial charge in [-0.3, -0.25) is 14.7 Å². The van der Waals surface area contributed by atoms with Crippen molar-refractivity contribution in [1.82, 2.24) is 14.8 Å². The molecule has 1 aliphatic rings. The van der Waals surface area contributed by atoms with E-state index >= 15 is 4.39 Å². The number of fused-ring (bicyclic) bond motifs is 1. The van der Waals surface area contributed by atoms with Crippen LogP contribution in [0.15, 0.2) is 77.8 Å². The number of benzene rings is 3. The summed E-state index contributed by atoms with van der Waals surface area (Å²) in [5.74, 6) is -2.02. The van der Waals surface area contributed by atoms with Gasteiger partial charge in [0.25, 0.3) is 5.91 Å². The zero-order valence-corrected chi connectivity index (χ0v) is 21.9. The zero-order valence-electron chi connectivity index (χ0n) is 20.3. The third-order valence-corrected chi connectivity index (χ3v) is 8.57. The molecule has 1 amide bonds. The number of carbonyl (C=O) groups excluding carboxylic acids is 1. The molecule has 196 valence electrons. The molecule has 0 radical (unpaired) electrons. The van der Waals surface area contributed by atoms with E-state index in [2.05, 4.69) is 4.98 Å². The van der Waals surface area contributed by atoms with Crippen LogP contribution in [0.4, 0.5) is 8.78 Å². The zero-order chi connectivity index (χ0) is 26.9. The summed E-state index contributed by atoms with van der Waals surface area (Å²) in [6, 6.07) is 16.8. The van der Waals surface area contributed by atoms with Crippen molar-refractivity contribution in [2.45, 2.75) is 17.2 Å². The quantitative estimate of drug-likeness (QED) is 0.331. The number of rotatable bonds is 6. The molecule has 1 fully saturated rings. The summed E-state index contributed by atoms with van der Waals surface area (Å²) in [6.07, 6.45) is 1.51. The summed E-state index contributed by atoms with van der Waals surface area (Å²) in [4.78, 5) is 20.9. The van der Waals surface area contributed by atoms with Crippen LogP contribution in [0.3, 0.4) is 0 Å². The smallest absolute Gasteiger partial charge is 0.254 e. The maximum atomic E-state index is 15.0. The minimum absolute atomic E-state index is 0.0238. The first kappa shape index (κ1) is 26.2. The van der Waals surface area contributed by atoms with E-state index in [1.165, 1.54) is 30.5 Å². The van der Waals surface area contributed by atoms with Crippen LogP contribution in [0.1, 0.15) is 21.5 Å². The van der Waals surface area contributed by atoms with Gasteiger partial charge < -0.3 is 4.90 Å². The Kier molecular flexibility index (Phi) is 7.43. The molecular weight excluding hydrogens is 532 g/mol. The second kappa shape index (κ2) is 10.8. The third-order valence-electron chi connectivity index (χ3n) is 6.64. The largest absolute Gasteiger partial charge is 0.336 e. The van der Waals surface area contributed by atoms with Crippen LogP contribution in [0.2, 0.25) is 5.02 Å². The van der Waals surface area contributed by atoms with Gasteiger partial charge in [0.05, 0.1) is 16.2 Å². The molecule has 1 saturated heterocycles. The second-order valence-corrected chi connectivity index (χ2v) is 11.6. The number of sulfone groups is 1. The molecule has 38 heavy (non-hydrogen) atoms. The average molecular weight is 556 g/mol. The van der Waals surface area contributed by atoms with Crippen LogP contribution in [0.5, 0.6) is 0 Å². The lowest BCUT2D eigenvalue weighted by atomic mass is 10.1. The lowest BCUT2D eigenvalue weighted by Gasteiger charge is -2.35. The lowest BCUT2D eigenvalue weighted by Crippen LogP contribution is -2.48. The Morgan fingerprint density at radius 2 is 1.61 bits per heavy atom. The minimum atomic E-state index is -3.89. The Labute approximate surface area is 224 Å². The number of para-hydroxylation sites is 1. The fourth-order valence-electron chi connectivity index (χ4n) is 4.59. The molecule has 0 spiro atoms. The van der Waals surface area contributed by atoms with Gasteiger partial charge in [-0.1, -0.05) is 41.9 Å². The molecule has 6 nitrogen and oxygen atoms in total. The Balaban J connectivity index is 1.25. The van der Waals surface area contributed by atoms with Gasteiger partial charge in [0.2, 0.25) is 0 Å². The van der Waals surface area contributed by atoms with Crippen LogP contribution >= 0.6 is 11.6 Å². The lowest BCUT2D eigenvalue weighted by molar-refractivity contribution is 0.0626. The second-order valence-electron chi connectivity index (χ2n) is 9.20. The minimum Gasteiger partial charge on any atom is -0.336 e. The van der Waals surface area contributed by atoms with E-state index < -0.39 is 21.4 Å². The van der Waals surface area contributed by atoms with Gasteiger partial charge in [-0.2, -0.15) is 0 Å². The van der Waals surface area contributed by atoms with Gasteiger partial charge in [-0.15, -0.1) is 0 Å². The number of nitrogens with zero attached hydrogens (tertiary/aromatic N) is 3. The van der Waals surface area contributed by atoms with Crippen molar-refractivity contribution in [3.8, 4) is 0 Å². The number of hydrogen-bond donors (Lipinski definition) is 0. The van der Waals surface area contributed by atoms with E-state index in [4.69, 9.17) is 11.6 Å². The summed E-state index contributed by atoms with van der Waals surface area (Å²) in [6.45, 7) is 2.27. The van der Waals surface area contributed by atoms with Gasteiger partial charge in [-0.25, -0.2) is 17.2 Å². The van der Waals surface area contributed by atoms with Crippen molar-refractivity contribution in [2.75, 3.05) is 26.2 Å². The maximum absolute atomic E-state index is 15.0. The van der Waals surface area contributed by atoms with Gasteiger partial charge in [0.1, 0.15) is 11.6 Å². The summed E-state index contributed by atoms with van der Waals surface area (Å²) < 4.78 is 55.4. The number of amides is 1. The van der Waals surface area contributed by atoms with Crippen molar-refractivity contribution in [1.29, 1.82) is 0 Å². The molecular formula is C28H24ClF2N3O3S. The number of carbonyl (C=O) groups is 1. The van der Waals surface area contributed by atoms with Gasteiger partial charge in [0.15, 0.2) is 9.84 Å². The maximum Gasteiger partial charge on any atom is 0.254 e. The van der Waals surface area contributed by atoms with Crippen LogP contribution in [-0.4, -0.2) is 55.3 Å². The molecule has 0 aliphatic carbocycles. The molecule has 0 unspecified atom stereocenters.